The molecule has 0 spiro atoms. The van der Waals surface area contributed by atoms with Crippen molar-refractivity contribution in [3.63, 3.8) is 0 Å². The summed E-state index contributed by atoms with van der Waals surface area (Å²) in [6.07, 6.45) is 4.43. The minimum Gasteiger partial charge on any atom is -0.469 e. The molecule has 0 saturated carbocycles. The van der Waals surface area contributed by atoms with Gasteiger partial charge in [-0.05, 0) is 64.8 Å². The van der Waals surface area contributed by atoms with E-state index in [4.69, 9.17) is 20.9 Å². The first-order chi connectivity index (χ1) is 16.5. The van der Waals surface area contributed by atoms with Crippen LogP contribution in [0.2, 0.25) is 0 Å². The largest absolute Gasteiger partial charge is 0.469 e. The van der Waals surface area contributed by atoms with Crippen LogP contribution in [0.4, 0.5) is 5.69 Å². The molecule has 0 aliphatic carbocycles. The molecular formula is C27H25ClNO4P. The molecule has 3 aromatic rings. The maximum absolute atomic E-state index is 12.0. The summed E-state index contributed by atoms with van der Waals surface area (Å²) in [5, 5.41) is 2.76. The molecule has 0 saturated heterocycles. The standard InChI is InChI=1S/C27H25ClNO4P/c1-32-26(31)17-16-24(19-6-4-3-5-7-19)27(21-10-14-23(15-11-21)33-34-2)20-8-12-22(13-9-20)29-25(30)18-28/h3-15H,2,16-18H2,1H3,(H,29,30)/b27-24+. The lowest BCUT2D eigenvalue weighted by Gasteiger charge is -2.18. The molecule has 3 aromatic carbocycles. The molecule has 174 valence electrons. The predicted octanol–water partition coefficient (Wildman–Crippen LogP) is 6.45. The summed E-state index contributed by atoms with van der Waals surface area (Å²) in [5.41, 5.74) is 5.56. The van der Waals surface area contributed by atoms with Crippen molar-refractivity contribution in [2.45, 2.75) is 12.8 Å². The fourth-order valence-electron chi connectivity index (χ4n) is 3.57. The zero-order valence-electron chi connectivity index (χ0n) is 18.8. The van der Waals surface area contributed by atoms with E-state index in [1.54, 1.807) is 0 Å². The summed E-state index contributed by atoms with van der Waals surface area (Å²) in [6.45, 7) is 0. The van der Waals surface area contributed by atoms with Crippen LogP contribution in [0.1, 0.15) is 29.5 Å². The van der Waals surface area contributed by atoms with Crippen molar-refractivity contribution < 1.29 is 18.8 Å². The Morgan fingerprint density at radius 1 is 0.882 bits per heavy atom. The number of alkyl halides is 1. The van der Waals surface area contributed by atoms with Crippen molar-refractivity contribution in [2.24, 2.45) is 0 Å². The zero-order valence-corrected chi connectivity index (χ0v) is 20.4. The highest BCUT2D eigenvalue weighted by Crippen LogP contribution is 2.36. The van der Waals surface area contributed by atoms with Crippen LogP contribution in [0, 0.1) is 0 Å². The van der Waals surface area contributed by atoms with Crippen molar-refractivity contribution in [2.75, 3.05) is 18.3 Å². The van der Waals surface area contributed by atoms with Crippen LogP contribution in [0.5, 0.6) is 5.75 Å². The first kappa shape index (κ1) is 25.2. The number of rotatable bonds is 10. The van der Waals surface area contributed by atoms with Gasteiger partial charge >= 0.3 is 5.97 Å². The summed E-state index contributed by atoms with van der Waals surface area (Å²) in [7, 11) is 1.96. The predicted molar refractivity (Wildman–Crippen MR) is 141 cm³/mol. The van der Waals surface area contributed by atoms with Crippen molar-refractivity contribution in [3.05, 3.63) is 95.6 Å². The third-order valence-electron chi connectivity index (χ3n) is 5.12. The Hall–Kier alpha value is -3.40. The lowest BCUT2D eigenvalue weighted by molar-refractivity contribution is -0.140. The molecule has 7 heteroatoms. The van der Waals surface area contributed by atoms with E-state index in [1.165, 1.54) is 7.11 Å². The molecule has 3 rings (SSSR count). The van der Waals surface area contributed by atoms with Gasteiger partial charge in [0.15, 0.2) is 0 Å². The number of benzene rings is 3. The average Bonchev–Trinajstić information content (AvgIpc) is 2.88. The van der Waals surface area contributed by atoms with Crippen LogP contribution in [-0.4, -0.2) is 31.2 Å². The van der Waals surface area contributed by atoms with Gasteiger partial charge in [0.1, 0.15) is 20.1 Å². The van der Waals surface area contributed by atoms with Crippen molar-refractivity contribution >= 4 is 55.0 Å². The Morgan fingerprint density at radius 2 is 1.50 bits per heavy atom. The first-order valence-electron chi connectivity index (χ1n) is 10.6. The number of esters is 1. The molecule has 0 aromatic heterocycles. The number of carbonyl (C=O) groups excluding carboxylic acids is 2. The third-order valence-corrected chi connectivity index (χ3v) is 5.71. The molecule has 0 fully saturated rings. The lowest BCUT2D eigenvalue weighted by Crippen LogP contribution is -2.12. The molecule has 0 aliphatic heterocycles. The van der Waals surface area contributed by atoms with Gasteiger partial charge in [0.2, 0.25) is 5.91 Å². The van der Waals surface area contributed by atoms with Crippen LogP contribution in [0.15, 0.2) is 78.9 Å². The fourth-order valence-corrected chi connectivity index (χ4v) is 3.91. The van der Waals surface area contributed by atoms with Gasteiger partial charge in [-0.25, -0.2) is 0 Å². The van der Waals surface area contributed by atoms with E-state index in [9.17, 15) is 9.59 Å². The quantitative estimate of drug-likeness (QED) is 0.153. The second-order valence-corrected chi connectivity index (χ2v) is 8.01. The van der Waals surface area contributed by atoms with Crippen LogP contribution in [0.3, 0.4) is 0 Å². The first-order valence-corrected chi connectivity index (χ1v) is 12.1. The van der Waals surface area contributed by atoms with Crippen molar-refractivity contribution in [1.82, 2.24) is 0 Å². The summed E-state index contributed by atoms with van der Waals surface area (Å²) in [6, 6.07) is 25.3. The Kier molecular flexibility index (Phi) is 9.45. The molecule has 0 atom stereocenters. The molecule has 34 heavy (non-hydrogen) atoms. The van der Waals surface area contributed by atoms with Crippen molar-refractivity contribution in [3.8, 4) is 5.75 Å². The Bertz CT molecular complexity index is 1160. The highest BCUT2D eigenvalue weighted by atomic mass is 35.5. The van der Waals surface area contributed by atoms with Crippen molar-refractivity contribution in [1.29, 1.82) is 0 Å². The number of amides is 1. The number of carbonyl (C=O) groups is 2. The van der Waals surface area contributed by atoms with Gasteiger partial charge < -0.3 is 14.6 Å². The number of hydrogen-bond donors (Lipinski definition) is 1. The zero-order chi connectivity index (χ0) is 24.3. The monoisotopic (exact) mass is 493 g/mol. The van der Waals surface area contributed by atoms with Crippen LogP contribution < -0.4 is 9.84 Å². The number of allylic oxidation sites excluding steroid dienone is 1. The second-order valence-electron chi connectivity index (χ2n) is 7.30. The smallest absolute Gasteiger partial charge is 0.305 e. The van der Waals surface area contributed by atoms with Gasteiger partial charge in [-0.15, -0.1) is 11.6 Å². The molecule has 0 bridgehead atoms. The second kappa shape index (κ2) is 12.7. The van der Waals surface area contributed by atoms with Gasteiger partial charge in [-0.2, -0.15) is 0 Å². The molecular weight excluding hydrogens is 469 g/mol. The number of anilines is 1. The number of halogens is 1. The number of hydrogen-bond acceptors (Lipinski definition) is 4. The fraction of sp³-hybridized carbons (Fsp3) is 0.148. The SMILES string of the molecule is C=POc1ccc(/C(=C(\CCC(=O)OC)c2ccccc2)c2ccc(NC(=O)CCl)cc2)cc1. The minimum atomic E-state index is -0.273. The van der Waals surface area contributed by atoms with Gasteiger partial charge in [-0.1, -0.05) is 54.6 Å². The van der Waals surface area contributed by atoms with E-state index in [-0.39, 0.29) is 24.2 Å². The summed E-state index contributed by atoms with van der Waals surface area (Å²) < 4.78 is 10.4. The van der Waals surface area contributed by atoms with E-state index in [2.05, 4.69) is 11.6 Å². The summed E-state index contributed by atoms with van der Waals surface area (Å²) in [5.74, 6) is 0.0630. The van der Waals surface area contributed by atoms with Crippen LogP contribution >= 0.6 is 20.0 Å². The maximum atomic E-state index is 12.0. The molecule has 1 amide bonds. The van der Waals surface area contributed by atoms with Gasteiger partial charge in [0, 0.05) is 12.1 Å². The molecule has 0 radical (unpaired) electrons. The highest BCUT2D eigenvalue weighted by molar-refractivity contribution is 7.31. The van der Waals surface area contributed by atoms with E-state index in [1.807, 2.05) is 78.9 Å². The molecule has 0 heterocycles. The van der Waals surface area contributed by atoms with Gasteiger partial charge in [0.05, 0.1) is 7.11 Å². The van der Waals surface area contributed by atoms with E-state index < -0.39 is 0 Å². The Morgan fingerprint density at radius 3 is 2.06 bits per heavy atom. The Labute approximate surface area is 206 Å². The summed E-state index contributed by atoms with van der Waals surface area (Å²) >= 11 is 5.61. The third kappa shape index (κ3) is 6.80. The number of methoxy groups -OCH3 is 1. The van der Waals surface area contributed by atoms with Gasteiger partial charge in [-0.3, -0.25) is 9.59 Å². The topological polar surface area (TPSA) is 64.6 Å². The molecule has 0 unspecified atom stereocenters. The number of nitrogens with one attached hydrogen (secondary N) is 1. The van der Waals surface area contributed by atoms with E-state index >= 15 is 0 Å². The molecule has 1 N–H and O–H groups in total. The maximum Gasteiger partial charge on any atom is 0.305 e. The Balaban J connectivity index is 2.16. The number of ether oxygens (including phenoxy) is 1. The summed E-state index contributed by atoms with van der Waals surface area (Å²) in [4.78, 5) is 23.7. The van der Waals surface area contributed by atoms with E-state index in [0.29, 0.717) is 20.5 Å². The normalized spacial score (nSPS) is 11.5. The molecule has 5 nitrogen and oxygen atoms in total. The average molecular weight is 494 g/mol. The van der Waals surface area contributed by atoms with Gasteiger partial charge in [0.25, 0.3) is 0 Å². The highest BCUT2D eigenvalue weighted by Gasteiger charge is 2.16. The molecule has 0 aliphatic rings. The van der Waals surface area contributed by atoms with Crippen LogP contribution in [0.25, 0.3) is 11.1 Å². The lowest BCUT2D eigenvalue weighted by atomic mass is 9.87. The van der Waals surface area contributed by atoms with E-state index in [0.717, 1.165) is 33.6 Å². The van der Waals surface area contributed by atoms with Crippen LogP contribution in [-0.2, 0) is 14.3 Å². The minimum absolute atomic E-state index is 0.111.